The molecule has 0 unspecified atom stereocenters. The highest BCUT2D eigenvalue weighted by molar-refractivity contribution is 5.34. The minimum atomic E-state index is -0.0808. The summed E-state index contributed by atoms with van der Waals surface area (Å²) in [5, 5.41) is 9.53. The molecule has 3 heteroatoms. The molecule has 0 saturated heterocycles. The molecule has 1 rings (SSSR count). The second kappa shape index (κ2) is 5.62. The van der Waals surface area contributed by atoms with E-state index in [1.807, 2.05) is 12.1 Å². The molecule has 0 aliphatic carbocycles. The first-order valence-electron chi connectivity index (χ1n) is 4.99. The SMILES string of the molecule is NCCCC[C@H](N)c1ccccc1O. The van der Waals surface area contributed by atoms with Crippen LogP contribution in [0.1, 0.15) is 30.9 Å². The van der Waals surface area contributed by atoms with Crippen LogP contribution in [0.2, 0.25) is 0 Å². The lowest BCUT2D eigenvalue weighted by Gasteiger charge is -2.12. The minimum Gasteiger partial charge on any atom is -0.508 e. The number of hydrogen-bond donors (Lipinski definition) is 3. The third-order valence-corrected chi connectivity index (χ3v) is 2.31. The number of unbranched alkanes of at least 4 members (excludes halogenated alkanes) is 1. The smallest absolute Gasteiger partial charge is 0.120 e. The standard InChI is InChI=1S/C11H18N2O/c12-8-4-3-6-10(13)9-5-1-2-7-11(9)14/h1-2,5,7,10,14H,3-4,6,8,12-13H2/t10-/m0/s1. The van der Waals surface area contributed by atoms with Gasteiger partial charge >= 0.3 is 0 Å². The topological polar surface area (TPSA) is 72.3 Å². The molecular weight excluding hydrogens is 176 g/mol. The summed E-state index contributed by atoms with van der Waals surface area (Å²) in [6, 6.07) is 7.13. The van der Waals surface area contributed by atoms with Gasteiger partial charge in [-0.05, 0) is 25.5 Å². The molecule has 1 aromatic carbocycles. The third kappa shape index (κ3) is 3.01. The van der Waals surface area contributed by atoms with E-state index in [-0.39, 0.29) is 11.8 Å². The van der Waals surface area contributed by atoms with E-state index in [1.165, 1.54) is 0 Å². The normalized spacial score (nSPS) is 12.7. The molecule has 0 bridgehead atoms. The van der Waals surface area contributed by atoms with Crippen LogP contribution in [-0.2, 0) is 0 Å². The summed E-state index contributed by atoms with van der Waals surface area (Å²) in [5.74, 6) is 0.285. The molecule has 0 spiro atoms. The van der Waals surface area contributed by atoms with E-state index in [2.05, 4.69) is 0 Å². The van der Waals surface area contributed by atoms with Crippen molar-refractivity contribution in [3.63, 3.8) is 0 Å². The van der Waals surface area contributed by atoms with Gasteiger partial charge in [0.2, 0.25) is 0 Å². The van der Waals surface area contributed by atoms with E-state index in [1.54, 1.807) is 12.1 Å². The second-order valence-electron chi connectivity index (χ2n) is 3.45. The molecule has 14 heavy (non-hydrogen) atoms. The van der Waals surface area contributed by atoms with Gasteiger partial charge in [0.15, 0.2) is 0 Å². The molecule has 0 amide bonds. The van der Waals surface area contributed by atoms with Crippen LogP contribution in [0.25, 0.3) is 0 Å². The van der Waals surface area contributed by atoms with Gasteiger partial charge in [-0.25, -0.2) is 0 Å². The lowest BCUT2D eigenvalue weighted by atomic mass is 10.0. The van der Waals surface area contributed by atoms with Crippen LogP contribution in [0.5, 0.6) is 5.75 Å². The first-order valence-corrected chi connectivity index (χ1v) is 4.99. The first kappa shape index (κ1) is 11.0. The van der Waals surface area contributed by atoms with Gasteiger partial charge in [0, 0.05) is 11.6 Å². The molecule has 1 aromatic rings. The van der Waals surface area contributed by atoms with Crippen molar-refractivity contribution in [2.45, 2.75) is 25.3 Å². The molecule has 1 atom stereocenters. The predicted octanol–water partition coefficient (Wildman–Crippen LogP) is 1.52. The van der Waals surface area contributed by atoms with Crippen LogP contribution in [0.15, 0.2) is 24.3 Å². The molecule has 78 valence electrons. The zero-order valence-electron chi connectivity index (χ0n) is 8.32. The van der Waals surface area contributed by atoms with Crippen molar-refractivity contribution >= 4 is 0 Å². The highest BCUT2D eigenvalue weighted by Crippen LogP contribution is 2.24. The first-order chi connectivity index (χ1) is 6.75. The van der Waals surface area contributed by atoms with Gasteiger partial charge in [0.25, 0.3) is 0 Å². The summed E-state index contributed by atoms with van der Waals surface area (Å²) in [4.78, 5) is 0. The molecule has 0 heterocycles. The van der Waals surface area contributed by atoms with Gasteiger partial charge < -0.3 is 16.6 Å². The zero-order valence-corrected chi connectivity index (χ0v) is 8.32. The zero-order chi connectivity index (χ0) is 10.4. The quantitative estimate of drug-likeness (QED) is 0.622. The maximum atomic E-state index is 9.53. The molecule has 0 aliphatic heterocycles. The summed E-state index contributed by atoms with van der Waals surface area (Å²) >= 11 is 0. The van der Waals surface area contributed by atoms with Gasteiger partial charge in [-0.15, -0.1) is 0 Å². The highest BCUT2D eigenvalue weighted by Gasteiger charge is 2.08. The van der Waals surface area contributed by atoms with Crippen molar-refractivity contribution in [3.05, 3.63) is 29.8 Å². The van der Waals surface area contributed by atoms with Crippen molar-refractivity contribution in [2.24, 2.45) is 11.5 Å². The number of rotatable bonds is 5. The van der Waals surface area contributed by atoms with E-state index in [4.69, 9.17) is 11.5 Å². The summed E-state index contributed by atoms with van der Waals surface area (Å²) in [7, 11) is 0. The van der Waals surface area contributed by atoms with Crippen molar-refractivity contribution in [1.82, 2.24) is 0 Å². The van der Waals surface area contributed by atoms with E-state index in [0.29, 0.717) is 6.54 Å². The highest BCUT2D eigenvalue weighted by atomic mass is 16.3. The van der Waals surface area contributed by atoms with Crippen molar-refractivity contribution in [3.8, 4) is 5.75 Å². The van der Waals surface area contributed by atoms with Crippen LogP contribution in [-0.4, -0.2) is 11.7 Å². The minimum absolute atomic E-state index is 0.0808. The Morgan fingerprint density at radius 2 is 1.93 bits per heavy atom. The van der Waals surface area contributed by atoms with E-state index in [0.717, 1.165) is 24.8 Å². The Balaban J connectivity index is 2.51. The van der Waals surface area contributed by atoms with Gasteiger partial charge in [0.1, 0.15) is 5.75 Å². The Morgan fingerprint density at radius 3 is 2.57 bits per heavy atom. The number of nitrogens with two attached hydrogens (primary N) is 2. The van der Waals surface area contributed by atoms with Crippen molar-refractivity contribution < 1.29 is 5.11 Å². The molecular formula is C11H18N2O. The molecule has 0 radical (unpaired) electrons. The number of phenols is 1. The fourth-order valence-corrected chi connectivity index (χ4v) is 1.47. The molecule has 3 nitrogen and oxygen atoms in total. The fourth-order valence-electron chi connectivity index (χ4n) is 1.47. The summed E-state index contributed by atoms with van der Waals surface area (Å²) in [6.45, 7) is 0.702. The van der Waals surface area contributed by atoms with Crippen LogP contribution in [0, 0.1) is 0 Å². The van der Waals surface area contributed by atoms with Crippen LogP contribution in [0.4, 0.5) is 0 Å². The van der Waals surface area contributed by atoms with Gasteiger partial charge in [-0.2, -0.15) is 0 Å². The third-order valence-electron chi connectivity index (χ3n) is 2.31. The summed E-state index contributed by atoms with van der Waals surface area (Å²) < 4.78 is 0. The van der Waals surface area contributed by atoms with Crippen molar-refractivity contribution in [1.29, 1.82) is 0 Å². The molecule has 0 aromatic heterocycles. The summed E-state index contributed by atoms with van der Waals surface area (Å²) in [6.07, 6.45) is 2.86. The van der Waals surface area contributed by atoms with E-state index >= 15 is 0 Å². The number of phenolic OH excluding ortho intramolecular Hbond substituents is 1. The molecule has 0 fully saturated rings. The maximum absolute atomic E-state index is 9.53. The lowest BCUT2D eigenvalue weighted by molar-refractivity contribution is 0.456. The monoisotopic (exact) mass is 194 g/mol. The average molecular weight is 194 g/mol. The predicted molar refractivity (Wildman–Crippen MR) is 57.9 cm³/mol. The van der Waals surface area contributed by atoms with Gasteiger partial charge in [-0.3, -0.25) is 0 Å². The Labute approximate surface area is 84.7 Å². The Hall–Kier alpha value is -1.06. The molecule has 5 N–H and O–H groups in total. The Bertz CT molecular complexity index is 276. The molecule has 0 saturated carbocycles. The fraction of sp³-hybridized carbons (Fsp3) is 0.455. The van der Waals surface area contributed by atoms with Gasteiger partial charge in [0.05, 0.1) is 0 Å². The number of benzene rings is 1. The second-order valence-corrected chi connectivity index (χ2v) is 3.45. The largest absolute Gasteiger partial charge is 0.508 e. The molecule has 0 aliphatic rings. The van der Waals surface area contributed by atoms with E-state index < -0.39 is 0 Å². The average Bonchev–Trinajstić information content (AvgIpc) is 2.18. The van der Waals surface area contributed by atoms with Gasteiger partial charge in [-0.1, -0.05) is 24.6 Å². The van der Waals surface area contributed by atoms with Crippen molar-refractivity contribution in [2.75, 3.05) is 6.54 Å². The maximum Gasteiger partial charge on any atom is 0.120 e. The lowest BCUT2D eigenvalue weighted by Crippen LogP contribution is -2.11. The number of hydrogen-bond acceptors (Lipinski definition) is 3. The summed E-state index contributed by atoms with van der Waals surface area (Å²) in [5.41, 5.74) is 12.2. The number of aromatic hydroxyl groups is 1. The Kier molecular flexibility index (Phi) is 4.43. The van der Waals surface area contributed by atoms with Crippen LogP contribution in [0.3, 0.4) is 0 Å². The van der Waals surface area contributed by atoms with Crippen LogP contribution < -0.4 is 11.5 Å². The van der Waals surface area contributed by atoms with Crippen LogP contribution >= 0.6 is 0 Å². The number of para-hydroxylation sites is 1. The van der Waals surface area contributed by atoms with E-state index in [9.17, 15) is 5.11 Å². The Morgan fingerprint density at radius 1 is 1.21 bits per heavy atom.